The molecule has 3 nitrogen and oxygen atoms in total. The van der Waals surface area contributed by atoms with E-state index in [4.69, 9.17) is 0 Å². The summed E-state index contributed by atoms with van der Waals surface area (Å²) in [6.07, 6.45) is 0.677. The number of hydrogen-bond donors (Lipinski definition) is 1. The van der Waals surface area contributed by atoms with E-state index in [0.29, 0.717) is 18.7 Å². The lowest BCUT2D eigenvalue weighted by molar-refractivity contribution is 0.0950. The molecule has 0 unspecified atom stereocenters. The van der Waals surface area contributed by atoms with Crippen LogP contribution in [0.2, 0.25) is 0 Å². The van der Waals surface area contributed by atoms with Crippen LogP contribution in [0.4, 0.5) is 4.39 Å². The minimum absolute atomic E-state index is 0.173. The lowest BCUT2D eigenvalue weighted by Crippen LogP contribution is -2.25. The van der Waals surface area contributed by atoms with Crippen LogP contribution in [0.5, 0.6) is 0 Å². The molecule has 0 bridgehead atoms. The molecule has 1 N–H and O–H groups in total. The van der Waals surface area contributed by atoms with Crippen molar-refractivity contribution < 1.29 is 9.18 Å². The first-order valence-electron chi connectivity index (χ1n) is 5.16. The molecule has 0 saturated heterocycles. The van der Waals surface area contributed by atoms with Crippen LogP contribution in [-0.4, -0.2) is 17.4 Å². The van der Waals surface area contributed by atoms with Crippen molar-refractivity contribution in [2.75, 3.05) is 6.54 Å². The standard InChI is InChI=1S/C12H11FN2OS/c13-10-3-1-9(2-4-10)5-6-14-12(16)11-7-17-8-15-11/h1-4,7-8H,5-6H2,(H,14,16). The monoisotopic (exact) mass is 250 g/mol. The van der Waals surface area contributed by atoms with Gasteiger partial charge in [0.2, 0.25) is 0 Å². The Morgan fingerprint density at radius 2 is 2.12 bits per heavy atom. The van der Waals surface area contributed by atoms with E-state index in [2.05, 4.69) is 10.3 Å². The predicted octanol–water partition coefficient (Wildman–Crippen LogP) is 2.25. The molecule has 0 spiro atoms. The predicted molar refractivity (Wildman–Crippen MR) is 64.6 cm³/mol. The van der Waals surface area contributed by atoms with Gasteiger partial charge in [0, 0.05) is 11.9 Å². The van der Waals surface area contributed by atoms with Crippen LogP contribution in [0.3, 0.4) is 0 Å². The van der Waals surface area contributed by atoms with Crippen molar-refractivity contribution in [3.8, 4) is 0 Å². The topological polar surface area (TPSA) is 42.0 Å². The average Bonchev–Trinajstić information content (AvgIpc) is 2.85. The van der Waals surface area contributed by atoms with Gasteiger partial charge in [-0.25, -0.2) is 9.37 Å². The maximum absolute atomic E-state index is 12.6. The van der Waals surface area contributed by atoms with E-state index in [1.807, 2.05) is 0 Å². The Kier molecular flexibility index (Phi) is 3.82. The van der Waals surface area contributed by atoms with Crippen LogP contribution >= 0.6 is 11.3 Å². The Labute approximate surface area is 102 Å². The maximum Gasteiger partial charge on any atom is 0.270 e. The van der Waals surface area contributed by atoms with E-state index in [1.54, 1.807) is 23.0 Å². The molecule has 1 aromatic heterocycles. The summed E-state index contributed by atoms with van der Waals surface area (Å²) >= 11 is 1.39. The van der Waals surface area contributed by atoms with Crippen LogP contribution in [0, 0.1) is 5.82 Å². The molecule has 0 aliphatic rings. The quantitative estimate of drug-likeness (QED) is 0.904. The van der Waals surface area contributed by atoms with E-state index in [9.17, 15) is 9.18 Å². The van der Waals surface area contributed by atoms with Gasteiger partial charge in [0.05, 0.1) is 5.51 Å². The SMILES string of the molecule is O=C(NCCc1ccc(F)cc1)c1cscn1. The minimum Gasteiger partial charge on any atom is -0.350 e. The van der Waals surface area contributed by atoms with Gasteiger partial charge < -0.3 is 5.32 Å². The van der Waals surface area contributed by atoms with Gasteiger partial charge in [-0.1, -0.05) is 12.1 Å². The molecule has 0 aliphatic carbocycles. The lowest BCUT2D eigenvalue weighted by atomic mass is 10.1. The summed E-state index contributed by atoms with van der Waals surface area (Å²) in [6, 6.07) is 6.25. The zero-order valence-electron chi connectivity index (χ0n) is 9.02. The van der Waals surface area contributed by atoms with Gasteiger partial charge in [-0.15, -0.1) is 11.3 Å². The first kappa shape index (κ1) is 11.7. The molecule has 17 heavy (non-hydrogen) atoms. The molecule has 0 aliphatic heterocycles. The molecule has 1 aromatic carbocycles. The highest BCUT2D eigenvalue weighted by atomic mass is 32.1. The Morgan fingerprint density at radius 3 is 2.76 bits per heavy atom. The van der Waals surface area contributed by atoms with Gasteiger partial charge in [-0.3, -0.25) is 4.79 Å². The third-order valence-electron chi connectivity index (χ3n) is 2.28. The fraction of sp³-hybridized carbons (Fsp3) is 0.167. The molecule has 2 aromatic rings. The smallest absolute Gasteiger partial charge is 0.270 e. The van der Waals surface area contributed by atoms with Crippen molar-refractivity contribution in [3.05, 3.63) is 52.2 Å². The zero-order valence-corrected chi connectivity index (χ0v) is 9.84. The molecular weight excluding hydrogens is 239 g/mol. The number of thiazole rings is 1. The van der Waals surface area contributed by atoms with Gasteiger partial charge in [0.1, 0.15) is 11.5 Å². The van der Waals surface area contributed by atoms with E-state index in [0.717, 1.165) is 5.56 Å². The van der Waals surface area contributed by atoms with Crippen molar-refractivity contribution in [2.24, 2.45) is 0 Å². The third kappa shape index (κ3) is 3.35. The summed E-state index contributed by atoms with van der Waals surface area (Å²) in [5.41, 5.74) is 3.05. The molecule has 0 fully saturated rings. The van der Waals surface area contributed by atoms with Gasteiger partial charge >= 0.3 is 0 Å². The van der Waals surface area contributed by atoms with Gasteiger partial charge in [0.15, 0.2) is 0 Å². The van der Waals surface area contributed by atoms with Gasteiger partial charge in [-0.2, -0.15) is 0 Å². The van der Waals surface area contributed by atoms with Crippen molar-refractivity contribution in [1.29, 1.82) is 0 Å². The number of carbonyl (C=O) groups is 1. The Bertz CT molecular complexity index is 482. The van der Waals surface area contributed by atoms with E-state index in [1.165, 1.54) is 23.5 Å². The second-order valence-electron chi connectivity index (χ2n) is 3.51. The summed E-state index contributed by atoms with van der Waals surface area (Å²) in [5.74, 6) is -0.423. The maximum atomic E-state index is 12.6. The fourth-order valence-electron chi connectivity index (χ4n) is 1.39. The van der Waals surface area contributed by atoms with Crippen molar-refractivity contribution in [1.82, 2.24) is 10.3 Å². The van der Waals surface area contributed by atoms with E-state index in [-0.39, 0.29) is 11.7 Å². The van der Waals surface area contributed by atoms with Gasteiger partial charge in [-0.05, 0) is 24.1 Å². The van der Waals surface area contributed by atoms with Crippen LogP contribution in [0.25, 0.3) is 0 Å². The van der Waals surface area contributed by atoms with E-state index < -0.39 is 0 Å². The highest BCUT2D eigenvalue weighted by Crippen LogP contribution is 2.03. The molecule has 5 heteroatoms. The van der Waals surface area contributed by atoms with Crippen LogP contribution < -0.4 is 5.32 Å². The molecule has 0 saturated carbocycles. The van der Waals surface area contributed by atoms with Crippen molar-refractivity contribution >= 4 is 17.2 Å². The minimum atomic E-state index is -0.250. The number of halogens is 1. The molecule has 88 valence electrons. The lowest BCUT2D eigenvalue weighted by Gasteiger charge is -2.03. The summed E-state index contributed by atoms with van der Waals surface area (Å²) < 4.78 is 12.6. The summed E-state index contributed by atoms with van der Waals surface area (Å²) in [6.45, 7) is 0.516. The molecule has 1 amide bonds. The Morgan fingerprint density at radius 1 is 1.35 bits per heavy atom. The van der Waals surface area contributed by atoms with Gasteiger partial charge in [0.25, 0.3) is 5.91 Å². The number of nitrogens with one attached hydrogen (secondary N) is 1. The number of rotatable bonds is 4. The van der Waals surface area contributed by atoms with Crippen molar-refractivity contribution in [3.63, 3.8) is 0 Å². The largest absolute Gasteiger partial charge is 0.350 e. The number of nitrogens with zero attached hydrogens (tertiary/aromatic N) is 1. The zero-order chi connectivity index (χ0) is 12.1. The number of carbonyl (C=O) groups excluding carboxylic acids is 1. The summed E-state index contributed by atoms with van der Waals surface area (Å²) in [4.78, 5) is 15.4. The second-order valence-corrected chi connectivity index (χ2v) is 4.22. The number of hydrogen-bond acceptors (Lipinski definition) is 3. The average molecular weight is 250 g/mol. The first-order chi connectivity index (χ1) is 8.25. The highest BCUT2D eigenvalue weighted by molar-refractivity contribution is 7.07. The number of aromatic nitrogens is 1. The fourth-order valence-corrected chi connectivity index (χ4v) is 1.92. The van der Waals surface area contributed by atoms with Crippen molar-refractivity contribution in [2.45, 2.75) is 6.42 Å². The number of amides is 1. The molecule has 0 atom stereocenters. The summed E-state index contributed by atoms with van der Waals surface area (Å²) in [7, 11) is 0. The Balaban J connectivity index is 1.80. The molecular formula is C12H11FN2OS. The highest BCUT2D eigenvalue weighted by Gasteiger charge is 2.05. The van der Waals surface area contributed by atoms with Crippen LogP contribution in [0.15, 0.2) is 35.2 Å². The number of benzene rings is 1. The normalized spacial score (nSPS) is 10.2. The molecule has 0 radical (unpaired) electrons. The van der Waals surface area contributed by atoms with Crippen LogP contribution in [-0.2, 0) is 6.42 Å². The van der Waals surface area contributed by atoms with Crippen LogP contribution in [0.1, 0.15) is 16.1 Å². The summed E-state index contributed by atoms with van der Waals surface area (Å²) in [5, 5.41) is 4.46. The molecule has 1 heterocycles. The molecule has 2 rings (SSSR count). The third-order valence-corrected chi connectivity index (χ3v) is 2.86. The van der Waals surface area contributed by atoms with E-state index >= 15 is 0 Å². The Hall–Kier alpha value is -1.75. The second kappa shape index (κ2) is 5.54. The first-order valence-corrected chi connectivity index (χ1v) is 6.11.